The molecule has 0 saturated carbocycles. The van der Waals surface area contributed by atoms with E-state index < -0.39 is 23.3 Å². The van der Waals surface area contributed by atoms with Gasteiger partial charge in [0, 0.05) is 53.4 Å². The van der Waals surface area contributed by atoms with Gasteiger partial charge < -0.3 is 14.3 Å². The molecule has 2 aromatic rings. The molecule has 10 heteroatoms. The minimum atomic E-state index is -0.674. The summed E-state index contributed by atoms with van der Waals surface area (Å²) in [5.41, 5.74) is 0.315. The van der Waals surface area contributed by atoms with E-state index in [4.69, 9.17) is 9.47 Å². The molecule has 0 amide bonds. The summed E-state index contributed by atoms with van der Waals surface area (Å²) in [4.78, 5) is 57.2. The van der Waals surface area contributed by atoms with E-state index in [9.17, 15) is 19.2 Å². The number of morpholine rings is 1. The maximum absolute atomic E-state index is 13.2. The third-order valence-corrected chi connectivity index (χ3v) is 7.14. The average molecular weight is 553 g/mol. The molecule has 0 bridgehead atoms. The monoisotopic (exact) mass is 552 g/mol. The van der Waals surface area contributed by atoms with Crippen LogP contribution in [0.25, 0.3) is 0 Å². The molecule has 0 aliphatic carbocycles. The first-order valence-corrected chi connectivity index (χ1v) is 13.3. The van der Waals surface area contributed by atoms with E-state index in [1.165, 1.54) is 18.7 Å². The number of hydrogen-bond donors (Lipinski definition) is 0. The summed E-state index contributed by atoms with van der Waals surface area (Å²) >= 11 is 1.49. The molecule has 0 N–H and O–H groups in total. The Morgan fingerprint density at radius 2 is 1.56 bits per heavy atom. The smallest absolute Gasteiger partial charge is 0.331 e. The van der Waals surface area contributed by atoms with Crippen LogP contribution in [0.5, 0.6) is 0 Å². The van der Waals surface area contributed by atoms with Gasteiger partial charge in [0.15, 0.2) is 5.78 Å². The number of ketones is 2. The number of Topliss-reactive ketones (excluding diaryl/α,β-unsaturated/α-hetero) is 2. The van der Waals surface area contributed by atoms with Gasteiger partial charge in [0.1, 0.15) is 5.71 Å². The Balaban J connectivity index is 1.64. The Bertz CT molecular complexity index is 1230. The van der Waals surface area contributed by atoms with Crippen molar-refractivity contribution in [3.8, 4) is 0 Å². The highest BCUT2D eigenvalue weighted by Gasteiger charge is 2.35. The zero-order chi connectivity index (χ0) is 28.4. The summed E-state index contributed by atoms with van der Waals surface area (Å²) in [6.07, 6.45) is 0.981. The van der Waals surface area contributed by atoms with Crippen molar-refractivity contribution in [1.82, 2.24) is 4.90 Å². The molecular weight excluding hydrogens is 520 g/mol. The predicted molar refractivity (Wildman–Crippen MR) is 147 cm³/mol. The summed E-state index contributed by atoms with van der Waals surface area (Å²) < 4.78 is 10.3. The Labute approximate surface area is 232 Å². The lowest BCUT2D eigenvalue weighted by Crippen LogP contribution is -2.54. The van der Waals surface area contributed by atoms with Crippen LogP contribution < -0.4 is 0 Å². The van der Waals surface area contributed by atoms with Crippen molar-refractivity contribution in [2.24, 2.45) is 5.16 Å². The molecule has 0 radical (unpaired) electrons. The number of carbonyl (C=O) groups excluding carboxylic acids is 4. The topological polar surface area (TPSA) is 112 Å². The lowest BCUT2D eigenvalue weighted by molar-refractivity contribution is -0.141. The van der Waals surface area contributed by atoms with Crippen LogP contribution in [-0.2, 0) is 23.9 Å². The summed E-state index contributed by atoms with van der Waals surface area (Å²) in [7, 11) is 0. The van der Waals surface area contributed by atoms with Crippen LogP contribution in [0.1, 0.15) is 47.9 Å². The SMILES string of the molecule is C=CC(=O)OCC/C(=N\OC(C)=O)C(=O)c1ccc(Sc2ccc(C(=O)C(C)(C)N3CCOCC3)cc2)cc1. The number of nitrogens with zero attached hydrogens (tertiary/aromatic N) is 2. The molecule has 206 valence electrons. The molecule has 0 unspecified atom stereocenters. The highest BCUT2D eigenvalue weighted by molar-refractivity contribution is 7.99. The fourth-order valence-corrected chi connectivity index (χ4v) is 4.71. The quantitative estimate of drug-likeness (QED) is 0.0947. The molecule has 1 aliphatic rings. The Morgan fingerprint density at radius 1 is 1.00 bits per heavy atom. The first-order valence-electron chi connectivity index (χ1n) is 12.5. The summed E-state index contributed by atoms with van der Waals surface area (Å²) in [6.45, 7) is 11.0. The van der Waals surface area contributed by atoms with Gasteiger partial charge in [-0.05, 0) is 50.2 Å². The maximum Gasteiger partial charge on any atom is 0.331 e. The molecule has 0 atom stereocenters. The van der Waals surface area contributed by atoms with Crippen molar-refractivity contribution in [2.75, 3.05) is 32.9 Å². The van der Waals surface area contributed by atoms with E-state index in [-0.39, 0.29) is 24.5 Å². The zero-order valence-corrected chi connectivity index (χ0v) is 23.1. The van der Waals surface area contributed by atoms with Gasteiger partial charge in [-0.25, -0.2) is 9.59 Å². The molecule has 1 fully saturated rings. The lowest BCUT2D eigenvalue weighted by atomic mass is 9.91. The number of benzene rings is 2. The van der Waals surface area contributed by atoms with Gasteiger partial charge in [0.2, 0.25) is 5.78 Å². The van der Waals surface area contributed by atoms with Gasteiger partial charge in [-0.1, -0.05) is 35.6 Å². The first kappa shape index (κ1) is 29.9. The fourth-order valence-electron chi connectivity index (χ4n) is 3.90. The van der Waals surface area contributed by atoms with Gasteiger partial charge in [-0.15, -0.1) is 0 Å². The summed E-state index contributed by atoms with van der Waals surface area (Å²) in [5.74, 6) is -1.69. The van der Waals surface area contributed by atoms with E-state index >= 15 is 0 Å². The number of hydrogen-bond acceptors (Lipinski definition) is 10. The number of esters is 1. The molecule has 39 heavy (non-hydrogen) atoms. The highest BCUT2D eigenvalue weighted by Crippen LogP contribution is 2.29. The van der Waals surface area contributed by atoms with Gasteiger partial charge in [-0.3, -0.25) is 14.5 Å². The standard InChI is InChI=1S/C29H32N2O7S/c1-5-26(33)37-17-14-25(30-38-20(2)32)27(34)21-6-10-23(11-7-21)39-24-12-8-22(9-13-24)28(35)29(3,4)31-15-18-36-19-16-31/h5-13H,1,14-19H2,2-4H3/b30-25+. The lowest BCUT2D eigenvalue weighted by Gasteiger charge is -2.39. The molecule has 1 saturated heterocycles. The van der Waals surface area contributed by atoms with Crippen LogP contribution in [0.15, 0.2) is 76.1 Å². The van der Waals surface area contributed by atoms with Crippen molar-refractivity contribution in [1.29, 1.82) is 0 Å². The first-order chi connectivity index (χ1) is 18.6. The molecule has 1 aliphatic heterocycles. The third kappa shape index (κ3) is 8.44. The summed E-state index contributed by atoms with van der Waals surface area (Å²) in [5, 5.41) is 3.64. The molecule has 2 aromatic carbocycles. The van der Waals surface area contributed by atoms with Gasteiger partial charge in [0.25, 0.3) is 0 Å². The van der Waals surface area contributed by atoms with Crippen LogP contribution in [0, 0.1) is 0 Å². The van der Waals surface area contributed by atoms with Crippen LogP contribution in [-0.4, -0.2) is 72.6 Å². The number of ether oxygens (including phenoxy) is 2. The molecule has 3 rings (SSSR count). The fraction of sp³-hybridized carbons (Fsp3) is 0.345. The summed E-state index contributed by atoms with van der Waals surface area (Å²) in [6, 6.07) is 14.4. The normalized spacial score (nSPS) is 14.4. The predicted octanol–water partition coefficient (Wildman–Crippen LogP) is 4.35. The molecular formula is C29H32N2O7S. The van der Waals surface area contributed by atoms with Crippen LogP contribution in [0.2, 0.25) is 0 Å². The van der Waals surface area contributed by atoms with Crippen molar-refractivity contribution in [2.45, 2.75) is 42.5 Å². The van der Waals surface area contributed by atoms with Gasteiger partial charge >= 0.3 is 11.9 Å². The molecule has 9 nitrogen and oxygen atoms in total. The van der Waals surface area contributed by atoms with Gasteiger partial charge in [0.05, 0.1) is 25.4 Å². The minimum Gasteiger partial charge on any atom is -0.462 e. The van der Waals surface area contributed by atoms with Crippen molar-refractivity contribution >= 4 is 41.0 Å². The van der Waals surface area contributed by atoms with Crippen molar-refractivity contribution in [3.63, 3.8) is 0 Å². The van der Waals surface area contributed by atoms with E-state index in [0.29, 0.717) is 24.3 Å². The van der Waals surface area contributed by atoms with Crippen LogP contribution >= 0.6 is 11.8 Å². The van der Waals surface area contributed by atoms with E-state index in [0.717, 1.165) is 29.0 Å². The highest BCUT2D eigenvalue weighted by atomic mass is 32.2. The molecule has 0 aromatic heterocycles. The number of oxime groups is 1. The van der Waals surface area contributed by atoms with E-state index in [2.05, 4.69) is 21.5 Å². The Kier molecular flexibility index (Phi) is 10.7. The largest absolute Gasteiger partial charge is 0.462 e. The second-order valence-corrected chi connectivity index (χ2v) is 10.4. The molecule has 1 heterocycles. The average Bonchev–Trinajstić information content (AvgIpc) is 2.95. The van der Waals surface area contributed by atoms with Crippen molar-refractivity contribution in [3.05, 3.63) is 72.3 Å². The second-order valence-electron chi connectivity index (χ2n) is 9.21. The Morgan fingerprint density at radius 3 is 2.10 bits per heavy atom. The Hall–Kier alpha value is -3.60. The van der Waals surface area contributed by atoms with E-state index in [1.54, 1.807) is 24.3 Å². The molecule has 0 spiro atoms. The van der Waals surface area contributed by atoms with Gasteiger partial charge in [-0.2, -0.15) is 0 Å². The zero-order valence-electron chi connectivity index (χ0n) is 22.3. The number of rotatable bonds is 12. The van der Waals surface area contributed by atoms with Crippen LogP contribution in [0.3, 0.4) is 0 Å². The second kappa shape index (κ2) is 14.0. The minimum absolute atomic E-state index is 0.0321. The number of carbonyl (C=O) groups is 4. The maximum atomic E-state index is 13.2. The van der Waals surface area contributed by atoms with Crippen molar-refractivity contribution < 1.29 is 33.5 Å². The van der Waals surface area contributed by atoms with Crippen LogP contribution in [0.4, 0.5) is 0 Å². The van der Waals surface area contributed by atoms with E-state index in [1.807, 2.05) is 38.1 Å². The third-order valence-electron chi connectivity index (χ3n) is 6.12.